The van der Waals surface area contributed by atoms with Crippen LogP contribution in [0.3, 0.4) is 0 Å². The van der Waals surface area contributed by atoms with E-state index in [1.54, 1.807) is 4.90 Å². The molecule has 0 spiro atoms. The fourth-order valence-electron chi connectivity index (χ4n) is 4.49. The number of aryl methyl sites for hydroxylation is 1. The van der Waals surface area contributed by atoms with Crippen LogP contribution < -0.4 is 0 Å². The molecule has 2 fully saturated rings. The van der Waals surface area contributed by atoms with Crippen LogP contribution in [-0.2, 0) is 22.7 Å². The van der Waals surface area contributed by atoms with E-state index in [1.807, 2.05) is 13.8 Å². The topological polar surface area (TPSA) is 83.7 Å². The van der Waals surface area contributed by atoms with Crippen LogP contribution in [0.5, 0.6) is 0 Å². The lowest BCUT2D eigenvalue weighted by molar-refractivity contribution is 0.0359. The van der Waals surface area contributed by atoms with Crippen molar-refractivity contribution in [3.8, 4) is 0 Å². The van der Waals surface area contributed by atoms with Crippen molar-refractivity contribution in [2.75, 3.05) is 31.1 Å². The van der Waals surface area contributed by atoms with E-state index in [1.165, 1.54) is 5.57 Å². The zero-order valence-corrected chi connectivity index (χ0v) is 16.8. The molecule has 27 heavy (non-hydrogen) atoms. The van der Waals surface area contributed by atoms with E-state index in [2.05, 4.69) is 16.1 Å². The normalized spacial score (nSPS) is 27.1. The summed E-state index contributed by atoms with van der Waals surface area (Å²) in [6, 6.07) is -0.455. The highest BCUT2D eigenvalue weighted by atomic mass is 32.2. The van der Waals surface area contributed by atoms with E-state index in [9.17, 15) is 13.2 Å². The highest BCUT2D eigenvalue weighted by molar-refractivity contribution is 7.91. The van der Waals surface area contributed by atoms with Gasteiger partial charge in [-0.05, 0) is 33.1 Å². The van der Waals surface area contributed by atoms with Gasteiger partial charge in [0.05, 0.1) is 17.5 Å². The molecule has 0 bridgehead atoms. The second-order valence-corrected chi connectivity index (χ2v) is 10.3. The third kappa shape index (κ3) is 3.57. The number of hydrogen-bond acceptors (Lipinski definition) is 6. The molecule has 1 aromatic rings. The lowest BCUT2D eigenvalue weighted by atomic mass is 9.95. The molecule has 0 N–H and O–H groups in total. The molecule has 1 aliphatic carbocycles. The molecule has 1 aromatic heterocycles. The second-order valence-electron chi connectivity index (χ2n) is 8.13. The average molecular weight is 394 g/mol. The molecular weight excluding hydrogens is 366 g/mol. The fraction of sp³-hybridized carbons (Fsp3) is 0.684. The first-order chi connectivity index (χ1) is 12.9. The minimum atomic E-state index is -3.15. The van der Waals surface area contributed by atoms with E-state index >= 15 is 0 Å². The van der Waals surface area contributed by atoms with Crippen molar-refractivity contribution >= 4 is 15.7 Å². The summed E-state index contributed by atoms with van der Waals surface area (Å²) in [5, 5.41) is 4.06. The summed E-state index contributed by atoms with van der Waals surface area (Å²) < 4.78 is 30.1. The van der Waals surface area contributed by atoms with Crippen molar-refractivity contribution in [3.63, 3.8) is 0 Å². The number of piperazine rings is 1. The van der Waals surface area contributed by atoms with E-state index < -0.39 is 9.84 Å². The molecule has 0 aromatic carbocycles. The summed E-state index contributed by atoms with van der Waals surface area (Å²) >= 11 is 0. The van der Waals surface area contributed by atoms with Crippen LogP contribution in [0.4, 0.5) is 0 Å². The first-order valence-electron chi connectivity index (χ1n) is 9.72. The van der Waals surface area contributed by atoms with Crippen LogP contribution in [0.25, 0.3) is 0 Å². The standard InChI is InChI=1S/C19H27N3O4S/c1-13(2)7-8-21-9-10-22(16-12-27(24,25)11-15(16)21)19(23)18-14-5-3-4-6-17(14)26-20-18/h7,15-16H,3-6,8-12H2,1-2H3. The number of fused-ring (bicyclic) bond motifs is 2. The van der Waals surface area contributed by atoms with Gasteiger partial charge in [-0.25, -0.2) is 8.42 Å². The van der Waals surface area contributed by atoms with Crippen LogP contribution in [-0.4, -0.2) is 72.5 Å². The molecule has 4 rings (SSSR count). The van der Waals surface area contributed by atoms with Gasteiger partial charge >= 0.3 is 0 Å². The molecule has 1 amide bonds. The Labute approximate surface area is 160 Å². The Hall–Kier alpha value is -1.67. The molecule has 2 atom stereocenters. The van der Waals surface area contributed by atoms with Gasteiger partial charge in [-0.15, -0.1) is 0 Å². The van der Waals surface area contributed by atoms with Gasteiger partial charge in [-0.1, -0.05) is 16.8 Å². The maximum Gasteiger partial charge on any atom is 0.276 e. The number of nitrogens with zero attached hydrogens (tertiary/aromatic N) is 3. The number of carbonyl (C=O) groups excluding carboxylic acids is 1. The van der Waals surface area contributed by atoms with Gasteiger partial charge in [0, 0.05) is 37.7 Å². The molecular formula is C19H27N3O4S. The Morgan fingerprint density at radius 3 is 2.70 bits per heavy atom. The summed E-state index contributed by atoms with van der Waals surface area (Å²) in [7, 11) is -3.15. The summed E-state index contributed by atoms with van der Waals surface area (Å²) in [6.45, 7) is 5.99. The Morgan fingerprint density at radius 1 is 1.19 bits per heavy atom. The van der Waals surface area contributed by atoms with Crippen LogP contribution in [0, 0.1) is 0 Å². The van der Waals surface area contributed by atoms with Crippen molar-refractivity contribution in [3.05, 3.63) is 28.7 Å². The molecule has 8 heteroatoms. The summed E-state index contributed by atoms with van der Waals surface area (Å²) in [6.07, 6.45) is 5.85. The Balaban J connectivity index is 1.60. The maximum atomic E-state index is 13.2. The van der Waals surface area contributed by atoms with E-state index in [4.69, 9.17) is 4.52 Å². The largest absolute Gasteiger partial charge is 0.360 e. The predicted molar refractivity (Wildman–Crippen MR) is 101 cm³/mol. The highest BCUT2D eigenvalue weighted by Crippen LogP contribution is 2.30. The molecule has 2 unspecified atom stereocenters. The summed E-state index contributed by atoms with van der Waals surface area (Å²) in [5.41, 5.74) is 2.53. The van der Waals surface area contributed by atoms with Crippen molar-refractivity contribution < 1.29 is 17.7 Å². The molecule has 0 saturated carbocycles. The number of sulfone groups is 1. The molecule has 148 valence electrons. The SMILES string of the molecule is CC(C)=CCN1CCN(C(=O)c2noc3c2CCCC3)C2CS(=O)(=O)CC21. The molecule has 7 nitrogen and oxygen atoms in total. The third-order valence-corrected chi connectivity index (χ3v) is 7.64. The van der Waals surface area contributed by atoms with Crippen molar-refractivity contribution in [2.24, 2.45) is 0 Å². The van der Waals surface area contributed by atoms with Crippen LogP contribution >= 0.6 is 0 Å². The predicted octanol–water partition coefficient (Wildman–Crippen LogP) is 1.44. The number of amides is 1. The zero-order chi connectivity index (χ0) is 19.2. The van der Waals surface area contributed by atoms with Crippen LogP contribution in [0.1, 0.15) is 48.5 Å². The molecule has 2 saturated heterocycles. The van der Waals surface area contributed by atoms with Gasteiger partial charge in [0.2, 0.25) is 0 Å². The smallest absolute Gasteiger partial charge is 0.276 e. The Morgan fingerprint density at radius 2 is 1.93 bits per heavy atom. The lowest BCUT2D eigenvalue weighted by Gasteiger charge is -2.43. The first-order valence-corrected chi connectivity index (χ1v) is 11.5. The minimum absolute atomic E-state index is 0.0365. The van der Waals surface area contributed by atoms with Crippen molar-refractivity contribution in [1.29, 1.82) is 0 Å². The number of rotatable bonds is 3. The zero-order valence-electron chi connectivity index (χ0n) is 16.0. The van der Waals surface area contributed by atoms with E-state index in [0.29, 0.717) is 18.8 Å². The number of hydrogen-bond donors (Lipinski definition) is 0. The van der Waals surface area contributed by atoms with Crippen molar-refractivity contribution in [1.82, 2.24) is 15.0 Å². The van der Waals surface area contributed by atoms with Gasteiger partial charge < -0.3 is 9.42 Å². The lowest BCUT2D eigenvalue weighted by Crippen LogP contribution is -2.60. The molecule has 2 aliphatic heterocycles. The first kappa shape index (κ1) is 18.7. The van der Waals surface area contributed by atoms with Gasteiger partial charge in [0.1, 0.15) is 5.76 Å². The Bertz CT molecular complexity index is 870. The second kappa shape index (κ2) is 7.05. The van der Waals surface area contributed by atoms with Gasteiger partial charge in [0.25, 0.3) is 5.91 Å². The van der Waals surface area contributed by atoms with E-state index in [0.717, 1.165) is 43.6 Å². The fourth-order valence-corrected chi connectivity index (χ4v) is 6.50. The molecule has 3 heterocycles. The molecule has 3 aliphatic rings. The Kier molecular flexibility index (Phi) is 4.88. The van der Waals surface area contributed by atoms with Crippen LogP contribution in [0.2, 0.25) is 0 Å². The van der Waals surface area contributed by atoms with Crippen LogP contribution in [0.15, 0.2) is 16.2 Å². The summed E-state index contributed by atoms with van der Waals surface area (Å²) in [5.74, 6) is 0.808. The molecule has 0 radical (unpaired) electrons. The van der Waals surface area contributed by atoms with Gasteiger partial charge in [-0.3, -0.25) is 9.69 Å². The average Bonchev–Trinajstić information content (AvgIpc) is 3.18. The van der Waals surface area contributed by atoms with Gasteiger partial charge in [-0.2, -0.15) is 0 Å². The van der Waals surface area contributed by atoms with Gasteiger partial charge in [0.15, 0.2) is 15.5 Å². The van der Waals surface area contributed by atoms with Crippen molar-refractivity contribution in [2.45, 2.75) is 51.6 Å². The van der Waals surface area contributed by atoms with E-state index in [-0.39, 0.29) is 29.5 Å². The maximum absolute atomic E-state index is 13.2. The summed E-state index contributed by atoms with van der Waals surface area (Å²) in [4.78, 5) is 17.2. The highest BCUT2D eigenvalue weighted by Gasteiger charge is 2.48. The number of allylic oxidation sites excluding steroid dienone is 1. The third-order valence-electron chi connectivity index (χ3n) is 5.94. The quantitative estimate of drug-likeness (QED) is 0.723. The monoisotopic (exact) mass is 393 g/mol. The number of carbonyl (C=O) groups is 1. The number of aromatic nitrogens is 1. The minimum Gasteiger partial charge on any atom is -0.360 e.